The molecule has 3 rings (SSSR count). The molecule has 0 aliphatic carbocycles. The second kappa shape index (κ2) is 7.55. The van der Waals surface area contributed by atoms with E-state index in [0.717, 1.165) is 17.7 Å². The van der Waals surface area contributed by atoms with Crippen LogP contribution < -0.4 is 20.8 Å². The van der Waals surface area contributed by atoms with Crippen molar-refractivity contribution < 1.29 is 28.6 Å². The summed E-state index contributed by atoms with van der Waals surface area (Å²) in [5.74, 6) is 0.0477. The average Bonchev–Trinajstić information content (AvgIpc) is 2.88. The number of nitrogens with zero attached hydrogens (tertiary/aromatic N) is 1. The van der Waals surface area contributed by atoms with E-state index in [1.165, 1.54) is 11.0 Å². The fourth-order valence-electron chi connectivity index (χ4n) is 3.53. The molecule has 6 nitrogen and oxygen atoms in total. The molecule has 8 heteroatoms. The Morgan fingerprint density at radius 2 is 1.96 bits per heavy atom. The van der Waals surface area contributed by atoms with E-state index in [0.29, 0.717) is 11.1 Å². The van der Waals surface area contributed by atoms with Crippen molar-refractivity contribution in [3.63, 3.8) is 0 Å². The number of rotatable bonds is 6. The number of ether oxygens (including phenoxy) is 1. The number of benzene rings is 2. The number of nitrogens with one attached hydrogen (secondary N) is 1. The van der Waals surface area contributed by atoms with E-state index >= 15 is 0 Å². The highest BCUT2D eigenvalue weighted by Crippen LogP contribution is 2.33. The Morgan fingerprint density at radius 1 is 1.25 bits per heavy atom. The number of carbonyl (C=O) groups is 1. The standard InChI is InChI=1S/C20H22F2N4O2/c1-12-9-15(7-8-16(12)28-18(21)22)20(17(27)26(3)19(23)25-20)14-6-4-5-13(10-14)11-24-2/h4-10,18,24H,11H2,1-3H3,(H2,23,25)/p+2. The van der Waals surface area contributed by atoms with Crippen LogP contribution in [0.2, 0.25) is 0 Å². The summed E-state index contributed by atoms with van der Waals surface area (Å²) in [6.07, 6.45) is 0. The maximum absolute atomic E-state index is 13.3. The molecule has 1 unspecified atom stereocenters. The number of halogens is 2. The molecule has 5 N–H and O–H groups in total. The van der Waals surface area contributed by atoms with Gasteiger partial charge in [0, 0.05) is 16.7 Å². The summed E-state index contributed by atoms with van der Waals surface area (Å²) < 4.78 is 29.7. The molecule has 0 saturated carbocycles. The van der Waals surface area contributed by atoms with Gasteiger partial charge in [-0.2, -0.15) is 8.78 Å². The molecule has 1 amide bonds. The number of amides is 1. The third-order valence-electron chi connectivity index (χ3n) is 4.93. The quantitative estimate of drug-likeness (QED) is 0.616. The lowest BCUT2D eigenvalue weighted by molar-refractivity contribution is -0.643. The van der Waals surface area contributed by atoms with Crippen molar-refractivity contribution in [3.8, 4) is 5.75 Å². The third kappa shape index (κ3) is 3.31. The highest BCUT2D eigenvalue weighted by atomic mass is 19.3. The minimum absolute atomic E-state index is 0.0685. The SMILES string of the molecule is C[NH2+]Cc1cccc(C2(c3ccc(OC(F)F)c(C)c3)[NH+]=C(N)N(C)C2=O)c1. The van der Waals surface area contributed by atoms with E-state index in [1.807, 2.05) is 36.6 Å². The molecule has 0 saturated heterocycles. The molecule has 0 radical (unpaired) electrons. The fraction of sp³-hybridized carbons (Fsp3) is 0.300. The average molecular weight is 390 g/mol. The highest BCUT2D eigenvalue weighted by molar-refractivity contribution is 6.03. The lowest BCUT2D eigenvalue weighted by Crippen LogP contribution is -2.85. The van der Waals surface area contributed by atoms with Crippen molar-refractivity contribution >= 4 is 11.9 Å². The summed E-state index contributed by atoms with van der Waals surface area (Å²) in [6, 6.07) is 12.4. The van der Waals surface area contributed by atoms with E-state index in [-0.39, 0.29) is 17.6 Å². The molecule has 2 aromatic rings. The van der Waals surface area contributed by atoms with E-state index in [9.17, 15) is 13.6 Å². The number of hydrogen-bond donors (Lipinski definition) is 3. The van der Waals surface area contributed by atoms with Gasteiger partial charge in [-0.25, -0.2) is 4.90 Å². The number of nitrogens with two attached hydrogens (primary N) is 2. The minimum atomic E-state index is -2.91. The van der Waals surface area contributed by atoms with Gasteiger partial charge in [-0.1, -0.05) is 24.3 Å². The van der Waals surface area contributed by atoms with Gasteiger partial charge in [0.25, 0.3) is 0 Å². The van der Waals surface area contributed by atoms with Gasteiger partial charge >= 0.3 is 18.5 Å². The zero-order valence-electron chi connectivity index (χ0n) is 16.0. The predicted molar refractivity (Wildman–Crippen MR) is 99.5 cm³/mol. The van der Waals surface area contributed by atoms with E-state index in [2.05, 4.69) is 9.73 Å². The molecule has 1 aliphatic rings. The van der Waals surface area contributed by atoms with Gasteiger partial charge in [0.05, 0.1) is 14.1 Å². The molecule has 148 valence electrons. The zero-order valence-corrected chi connectivity index (χ0v) is 16.0. The Morgan fingerprint density at radius 3 is 2.54 bits per heavy atom. The maximum atomic E-state index is 13.3. The maximum Gasteiger partial charge on any atom is 0.387 e. The van der Waals surface area contributed by atoms with Gasteiger partial charge in [0.15, 0.2) is 0 Å². The van der Waals surface area contributed by atoms with Crippen molar-refractivity contribution in [3.05, 3.63) is 64.7 Å². The van der Waals surface area contributed by atoms with Crippen molar-refractivity contribution in [1.29, 1.82) is 0 Å². The summed E-state index contributed by atoms with van der Waals surface area (Å²) in [5.41, 5.74) is 7.67. The first kappa shape index (κ1) is 19.8. The summed E-state index contributed by atoms with van der Waals surface area (Å²) in [5, 5.41) is 2.03. The molecule has 1 aliphatic heterocycles. The van der Waals surface area contributed by atoms with Crippen LogP contribution in [0.5, 0.6) is 5.75 Å². The zero-order chi connectivity index (χ0) is 20.5. The molecule has 1 atom stereocenters. The second-order valence-corrected chi connectivity index (χ2v) is 6.80. The van der Waals surface area contributed by atoms with Crippen molar-refractivity contribution in [2.24, 2.45) is 5.73 Å². The number of aryl methyl sites for hydroxylation is 1. The smallest absolute Gasteiger partial charge is 0.387 e. The normalized spacial score (nSPS) is 19.3. The van der Waals surface area contributed by atoms with Gasteiger partial charge in [-0.05, 0) is 30.7 Å². The number of hydrogen-bond acceptors (Lipinski definition) is 3. The Hall–Kier alpha value is -3.00. The summed E-state index contributed by atoms with van der Waals surface area (Å²) in [7, 11) is 3.56. The molecule has 1 heterocycles. The lowest BCUT2D eigenvalue weighted by atomic mass is 9.81. The molecule has 0 fully saturated rings. The van der Waals surface area contributed by atoms with Gasteiger partial charge in [0.1, 0.15) is 12.3 Å². The van der Waals surface area contributed by atoms with Crippen LogP contribution in [0, 0.1) is 6.92 Å². The number of alkyl halides is 2. The van der Waals surface area contributed by atoms with Crippen LogP contribution in [0.15, 0.2) is 42.5 Å². The van der Waals surface area contributed by atoms with Crippen LogP contribution in [0.3, 0.4) is 0 Å². The molecule has 2 aromatic carbocycles. The van der Waals surface area contributed by atoms with Crippen LogP contribution in [0.1, 0.15) is 22.3 Å². The highest BCUT2D eigenvalue weighted by Gasteiger charge is 2.54. The van der Waals surface area contributed by atoms with Gasteiger partial charge in [0.2, 0.25) is 5.54 Å². The number of quaternary nitrogens is 1. The topological polar surface area (TPSA) is 86.1 Å². The molecule has 0 spiro atoms. The Balaban J connectivity index is 2.18. The lowest BCUT2D eigenvalue weighted by Gasteiger charge is -2.25. The van der Waals surface area contributed by atoms with Crippen molar-refractivity contribution in [2.45, 2.75) is 25.6 Å². The summed E-state index contributed by atoms with van der Waals surface area (Å²) >= 11 is 0. The Bertz CT molecular complexity index is 932. The van der Waals surface area contributed by atoms with Crippen LogP contribution in [0.25, 0.3) is 0 Å². The first-order chi connectivity index (χ1) is 13.3. The van der Waals surface area contributed by atoms with Gasteiger partial charge in [-0.3, -0.25) is 15.5 Å². The minimum Gasteiger partial charge on any atom is -0.435 e. The molecular formula is C20H24F2N4O2+2. The van der Waals surface area contributed by atoms with E-state index in [4.69, 9.17) is 5.73 Å². The first-order valence-electron chi connectivity index (χ1n) is 8.91. The Kier molecular flexibility index (Phi) is 5.33. The summed E-state index contributed by atoms with van der Waals surface area (Å²) in [6.45, 7) is -0.497. The molecular weight excluding hydrogens is 366 g/mol. The number of carbonyl (C=O) groups excluding carboxylic acids is 1. The van der Waals surface area contributed by atoms with E-state index in [1.54, 1.807) is 26.1 Å². The van der Waals surface area contributed by atoms with Crippen LogP contribution >= 0.6 is 0 Å². The molecule has 28 heavy (non-hydrogen) atoms. The monoisotopic (exact) mass is 390 g/mol. The summed E-state index contributed by atoms with van der Waals surface area (Å²) in [4.78, 5) is 17.8. The molecule has 0 bridgehead atoms. The third-order valence-corrected chi connectivity index (χ3v) is 4.93. The van der Waals surface area contributed by atoms with Gasteiger partial charge < -0.3 is 10.1 Å². The van der Waals surface area contributed by atoms with Crippen molar-refractivity contribution in [2.75, 3.05) is 14.1 Å². The number of likely N-dealkylation sites (N-methyl/N-ethyl adjacent to an activating group) is 1. The second-order valence-electron chi connectivity index (χ2n) is 6.80. The van der Waals surface area contributed by atoms with Crippen LogP contribution in [-0.4, -0.2) is 37.5 Å². The van der Waals surface area contributed by atoms with Crippen molar-refractivity contribution in [1.82, 2.24) is 4.90 Å². The largest absolute Gasteiger partial charge is 0.435 e. The van der Waals surface area contributed by atoms with Gasteiger partial charge in [-0.15, -0.1) is 0 Å². The van der Waals surface area contributed by atoms with Crippen LogP contribution in [-0.2, 0) is 16.9 Å². The van der Waals surface area contributed by atoms with E-state index < -0.39 is 12.2 Å². The Labute approximate surface area is 162 Å². The van der Waals surface area contributed by atoms with Crippen LogP contribution in [0.4, 0.5) is 8.78 Å². The number of guanidine groups is 1. The predicted octanol–water partition coefficient (Wildman–Crippen LogP) is -0.599. The molecule has 0 aromatic heterocycles. The first-order valence-corrected chi connectivity index (χ1v) is 8.91. The fourth-order valence-corrected chi connectivity index (χ4v) is 3.53.